The number of hydrogen-bond donors (Lipinski definition) is 1. The van der Waals surface area contributed by atoms with Gasteiger partial charge in [-0.15, -0.1) is 23.1 Å². The maximum atomic E-state index is 12.2. The molecular weight excluding hydrogens is 360 g/mol. The van der Waals surface area contributed by atoms with Crippen molar-refractivity contribution in [2.75, 3.05) is 11.1 Å². The minimum Gasteiger partial charge on any atom is -0.302 e. The van der Waals surface area contributed by atoms with Crippen molar-refractivity contribution in [2.24, 2.45) is 0 Å². The Morgan fingerprint density at radius 1 is 1.08 bits per heavy atom. The molecule has 1 N–H and O–H groups in total. The van der Waals surface area contributed by atoms with Crippen molar-refractivity contribution in [1.29, 1.82) is 0 Å². The van der Waals surface area contributed by atoms with E-state index >= 15 is 0 Å². The van der Waals surface area contributed by atoms with E-state index in [1.807, 2.05) is 5.38 Å². The monoisotopic (exact) mass is 382 g/mol. The third-order valence-corrected chi connectivity index (χ3v) is 5.81. The standard InChI is InChI=1S/C21H22N2OS2/c1-14-5-8-17(9-6-14)25-11-10-20(24)23-21-22-19(13-26-21)18-12-15(2)4-7-16(18)3/h4-9,12-13H,10-11H2,1-3H3,(H,22,23,24). The summed E-state index contributed by atoms with van der Waals surface area (Å²) in [6.07, 6.45) is 0.469. The predicted molar refractivity (Wildman–Crippen MR) is 112 cm³/mol. The first-order valence-electron chi connectivity index (χ1n) is 8.54. The van der Waals surface area contributed by atoms with Crippen molar-refractivity contribution >= 4 is 34.1 Å². The van der Waals surface area contributed by atoms with Crippen LogP contribution >= 0.6 is 23.1 Å². The summed E-state index contributed by atoms with van der Waals surface area (Å²) >= 11 is 3.16. The van der Waals surface area contributed by atoms with Crippen molar-refractivity contribution in [1.82, 2.24) is 4.98 Å². The number of anilines is 1. The summed E-state index contributed by atoms with van der Waals surface area (Å²) in [5.41, 5.74) is 5.68. The number of carbonyl (C=O) groups is 1. The maximum absolute atomic E-state index is 12.2. The van der Waals surface area contributed by atoms with Crippen LogP contribution < -0.4 is 5.32 Å². The molecule has 26 heavy (non-hydrogen) atoms. The fourth-order valence-electron chi connectivity index (χ4n) is 2.54. The van der Waals surface area contributed by atoms with Crippen molar-refractivity contribution < 1.29 is 4.79 Å². The Morgan fingerprint density at radius 2 is 1.81 bits per heavy atom. The highest BCUT2D eigenvalue weighted by atomic mass is 32.2. The Bertz CT molecular complexity index is 901. The molecule has 0 aliphatic heterocycles. The number of nitrogens with zero attached hydrogens (tertiary/aromatic N) is 1. The average Bonchev–Trinajstić information content (AvgIpc) is 3.07. The third-order valence-electron chi connectivity index (χ3n) is 4.04. The quantitative estimate of drug-likeness (QED) is 0.543. The summed E-state index contributed by atoms with van der Waals surface area (Å²) in [6.45, 7) is 6.22. The molecule has 0 bridgehead atoms. The third kappa shape index (κ3) is 4.96. The van der Waals surface area contributed by atoms with Gasteiger partial charge in [0.05, 0.1) is 5.69 Å². The SMILES string of the molecule is Cc1ccc(SCCC(=O)Nc2nc(-c3cc(C)ccc3C)cs2)cc1. The topological polar surface area (TPSA) is 42.0 Å². The molecule has 3 rings (SSSR count). The van der Waals surface area contributed by atoms with Gasteiger partial charge >= 0.3 is 0 Å². The summed E-state index contributed by atoms with van der Waals surface area (Å²) in [5.74, 6) is 0.760. The summed E-state index contributed by atoms with van der Waals surface area (Å²) in [5, 5.41) is 5.57. The number of rotatable bonds is 6. The maximum Gasteiger partial charge on any atom is 0.226 e. The first kappa shape index (κ1) is 18.7. The lowest BCUT2D eigenvalue weighted by Crippen LogP contribution is -2.11. The molecule has 0 atom stereocenters. The van der Waals surface area contributed by atoms with Crippen molar-refractivity contribution in [2.45, 2.75) is 32.1 Å². The molecule has 0 radical (unpaired) electrons. The number of hydrogen-bond acceptors (Lipinski definition) is 4. The highest BCUT2D eigenvalue weighted by Crippen LogP contribution is 2.28. The molecule has 1 amide bonds. The van der Waals surface area contributed by atoms with E-state index in [9.17, 15) is 4.79 Å². The average molecular weight is 383 g/mol. The molecule has 0 saturated carbocycles. The summed E-state index contributed by atoms with van der Waals surface area (Å²) < 4.78 is 0. The molecule has 2 aromatic carbocycles. The largest absolute Gasteiger partial charge is 0.302 e. The van der Waals surface area contributed by atoms with E-state index < -0.39 is 0 Å². The number of thiazole rings is 1. The van der Waals surface area contributed by atoms with Gasteiger partial charge in [0.1, 0.15) is 0 Å². The van der Waals surface area contributed by atoms with Gasteiger partial charge in [-0.1, -0.05) is 35.4 Å². The van der Waals surface area contributed by atoms with Gasteiger partial charge in [-0.05, 0) is 44.5 Å². The van der Waals surface area contributed by atoms with Crippen LogP contribution in [0, 0.1) is 20.8 Å². The summed E-state index contributed by atoms with van der Waals surface area (Å²) in [7, 11) is 0. The van der Waals surface area contributed by atoms with Crippen molar-refractivity contribution in [3.8, 4) is 11.3 Å². The van der Waals surface area contributed by atoms with E-state index in [0.717, 1.165) is 17.0 Å². The highest BCUT2D eigenvalue weighted by Gasteiger charge is 2.10. The van der Waals surface area contributed by atoms with E-state index in [0.29, 0.717) is 11.6 Å². The number of amides is 1. The van der Waals surface area contributed by atoms with E-state index in [1.165, 1.54) is 32.9 Å². The van der Waals surface area contributed by atoms with Crippen LogP contribution in [-0.2, 0) is 4.79 Å². The molecule has 0 aliphatic rings. The Balaban J connectivity index is 1.54. The van der Waals surface area contributed by atoms with Crippen LogP contribution in [0.5, 0.6) is 0 Å². The number of nitrogens with one attached hydrogen (secondary N) is 1. The second kappa shape index (κ2) is 8.52. The van der Waals surface area contributed by atoms with Crippen LogP contribution in [0.15, 0.2) is 52.7 Å². The summed E-state index contributed by atoms with van der Waals surface area (Å²) in [6, 6.07) is 14.7. The van der Waals surface area contributed by atoms with Gasteiger partial charge in [0.25, 0.3) is 0 Å². The second-order valence-corrected chi connectivity index (χ2v) is 8.34. The van der Waals surface area contributed by atoms with Gasteiger partial charge in [-0.2, -0.15) is 0 Å². The van der Waals surface area contributed by atoms with E-state index in [4.69, 9.17) is 0 Å². The molecule has 3 nitrogen and oxygen atoms in total. The van der Waals surface area contributed by atoms with Crippen LogP contribution in [0.3, 0.4) is 0 Å². The van der Waals surface area contributed by atoms with E-state index in [-0.39, 0.29) is 5.91 Å². The normalized spacial score (nSPS) is 10.7. The molecule has 134 valence electrons. The van der Waals surface area contributed by atoms with Crippen LogP contribution in [-0.4, -0.2) is 16.6 Å². The van der Waals surface area contributed by atoms with Crippen LogP contribution in [0.4, 0.5) is 5.13 Å². The molecule has 0 spiro atoms. The molecule has 0 unspecified atom stereocenters. The highest BCUT2D eigenvalue weighted by molar-refractivity contribution is 7.99. The van der Waals surface area contributed by atoms with Crippen molar-refractivity contribution in [3.05, 3.63) is 64.5 Å². The molecule has 1 aromatic heterocycles. The Hall–Kier alpha value is -2.11. The number of aryl methyl sites for hydroxylation is 3. The molecule has 0 aliphatic carbocycles. The van der Waals surface area contributed by atoms with Gasteiger partial charge in [0, 0.05) is 28.0 Å². The molecule has 0 fully saturated rings. The molecule has 0 saturated heterocycles. The van der Waals surface area contributed by atoms with Gasteiger partial charge in [0.2, 0.25) is 5.91 Å². The van der Waals surface area contributed by atoms with Gasteiger partial charge in [-0.25, -0.2) is 4.98 Å². The minimum absolute atomic E-state index is 0.00600. The zero-order chi connectivity index (χ0) is 18.5. The number of carbonyl (C=O) groups excluding carboxylic acids is 1. The molecule has 3 aromatic rings. The van der Waals surface area contributed by atoms with Gasteiger partial charge in [0.15, 0.2) is 5.13 Å². The smallest absolute Gasteiger partial charge is 0.226 e. The van der Waals surface area contributed by atoms with Crippen LogP contribution in [0.2, 0.25) is 0 Å². The van der Waals surface area contributed by atoms with Crippen molar-refractivity contribution in [3.63, 3.8) is 0 Å². The fraction of sp³-hybridized carbons (Fsp3) is 0.238. The van der Waals surface area contributed by atoms with E-state index in [2.05, 4.69) is 73.5 Å². The number of benzene rings is 2. The van der Waals surface area contributed by atoms with Crippen LogP contribution in [0.25, 0.3) is 11.3 Å². The Kier molecular flexibility index (Phi) is 6.12. The first-order valence-corrected chi connectivity index (χ1v) is 10.4. The second-order valence-electron chi connectivity index (χ2n) is 6.32. The first-order chi connectivity index (χ1) is 12.5. The lowest BCUT2D eigenvalue weighted by molar-refractivity contribution is -0.115. The lowest BCUT2D eigenvalue weighted by Gasteiger charge is -2.04. The van der Waals surface area contributed by atoms with Gasteiger partial charge < -0.3 is 5.32 Å². The molecule has 1 heterocycles. The minimum atomic E-state index is 0.00600. The summed E-state index contributed by atoms with van der Waals surface area (Å²) in [4.78, 5) is 17.9. The van der Waals surface area contributed by atoms with Crippen LogP contribution in [0.1, 0.15) is 23.1 Å². The number of thioether (sulfide) groups is 1. The number of aromatic nitrogens is 1. The van der Waals surface area contributed by atoms with Gasteiger partial charge in [-0.3, -0.25) is 4.79 Å². The molecule has 5 heteroatoms. The zero-order valence-electron chi connectivity index (χ0n) is 15.2. The zero-order valence-corrected chi connectivity index (χ0v) is 16.8. The predicted octanol–water partition coefficient (Wildman–Crippen LogP) is 5.86. The van der Waals surface area contributed by atoms with E-state index in [1.54, 1.807) is 11.8 Å². The Labute approximate surface area is 162 Å². The Morgan fingerprint density at radius 3 is 2.58 bits per heavy atom. The molecular formula is C21H22N2OS2. The lowest BCUT2D eigenvalue weighted by atomic mass is 10.0. The fourth-order valence-corrected chi connectivity index (χ4v) is 4.12.